The molecule has 0 saturated heterocycles. The van der Waals surface area contributed by atoms with E-state index in [1.54, 1.807) is 72.8 Å². The summed E-state index contributed by atoms with van der Waals surface area (Å²) in [5, 5.41) is 59.8. The predicted octanol–water partition coefficient (Wildman–Crippen LogP) is 27.7. The summed E-state index contributed by atoms with van der Waals surface area (Å²) < 4.78 is 12.2. The van der Waals surface area contributed by atoms with Gasteiger partial charge in [0, 0.05) is 38.2 Å². The molecule has 8 nitrogen and oxygen atoms in total. The van der Waals surface area contributed by atoms with E-state index in [0.29, 0.717) is 33.4 Å². The molecular formula is C107H62O8. The van der Waals surface area contributed by atoms with Crippen molar-refractivity contribution in [2.45, 2.75) is 0 Å². The summed E-state index contributed by atoms with van der Waals surface area (Å²) in [4.78, 5) is 40.7. The molecule has 0 aliphatic heterocycles. The van der Waals surface area contributed by atoms with Crippen LogP contribution in [0, 0.1) is 0 Å². The molecular weight excluding hydrogens is 1410 g/mol. The molecule has 0 aliphatic carbocycles. The number of fused-ring (bicyclic) bond motifs is 9. The van der Waals surface area contributed by atoms with Crippen molar-refractivity contribution < 1.29 is 38.5 Å². The van der Waals surface area contributed by atoms with Gasteiger partial charge in [0.15, 0.2) is 17.3 Å². The molecule has 2 heterocycles. The van der Waals surface area contributed by atoms with Gasteiger partial charge in [-0.25, -0.2) is 0 Å². The molecule has 0 unspecified atom stereocenters. The summed E-state index contributed by atoms with van der Waals surface area (Å²) >= 11 is 0. The molecule has 0 spiro atoms. The SMILES string of the molecule is O=C(c1ccccc1O)c1ccc2ccc3c(-c4cc5ccccc5c5ccccc45)ccc4ccc1c2c43.O=C(c1ccccc1O)c1ccc2ccc3c(-c4ccc5c(c4)oc4ccccc45)ccc4ccc1c2c43.O=C(c1ccccc1O)c1ccc2ccc3c(-c4ccc5oc6ccccc6c5c4)ccc4ccc1c2c43. The van der Waals surface area contributed by atoms with Crippen LogP contribution in [0.4, 0.5) is 0 Å². The van der Waals surface area contributed by atoms with E-state index in [0.717, 1.165) is 163 Å². The standard InChI is InChI=1S/C37H22O2.2C35H20O3/c38-34-12-6-5-11-32(34)37(39)31-20-16-23-14-18-29-28(17-13-22-15-19-30(31)36(23)35(22)29)33-21-24-7-1-2-8-25(24)26-9-3-4-10-27(26)33;36-30-7-3-1-6-29(30)35(37)28-18-12-21-10-16-26-23(14-9-20-11-17-27(28)34(21)33(20)26)22-13-15-25-24-5-2-4-8-31(24)38-32(25)19-22;36-30-7-3-1-6-28(30)35(37)27-17-12-21-10-15-25-23(14-9-20-11-16-26(27)34(21)33(20)25)22-13-18-32-29(19-22)24-5-2-4-8-31(24)38-32/h1-21,38H;2*1-19,36H. The zero-order valence-electron chi connectivity index (χ0n) is 61.4. The number of hydrogen-bond donors (Lipinski definition) is 3. The van der Waals surface area contributed by atoms with Gasteiger partial charge >= 0.3 is 0 Å². The summed E-state index contributed by atoms with van der Waals surface area (Å²) in [6.45, 7) is 0. The summed E-state index contributed by atoms with van der Waals surface area (Å²) in [5.41, 5.74) is 13.0. The van der Waals surface area contributed by atoms with E-state index in [1.807, 2.05) is 97.1 Å². The second-order valence-electron chi connectivity index (χ2n) is 29.8. The van der Waals surface area contributed by atoms with Crippen molar-refractivity contribution in [1.29, 1.82) is 0 Å². The first-order valence-corrected chi connectivity index (χ1v) is 38.4. The molecule has 0 saturated carbocycles. The van der Waals surface area contributed by atoms with Gasteiger partial charge in [-0.05, 0) is 249 Å². The van der Waals surface area contributed by atoms with E-state index in [2.05, 4.69) is 188 Å². The Morgan fingerprint density at radius 1 is 0.183 bits per heavy atom. The normalized spacial score (nSPS) is 11.9. The van der Waals surface area contributed by atoms with Crippen LogP contribution in [0.3, 0.4) is 0 Å². The van der Waals surface area contributed by atoms with Gasteiger partial charge < -0.3 is 24.2 Å². The van der Waals surface area contributed by atoms with Crippen LogP contribution in [0.2, 0.25) is 0 Å². The highest BCUT2D eigenvalue weighted by atomic mass is 16.3. The fourth-order valence-electron chi connectivity index (χ4n) is 18.2. The highest BCUT2D eigenvalue weighted by Gasteiger charge is 2.26. The Bertz CT molecular complexity index is 8210. The van der Waals surface area contributed by atoms with Crippen molar-refractivity contribution in [2.24, 2.45) is 0 Å². The number of carbonyl (C=O) groups excluding carboxylic acids is 3. The highest BCUT2D eigenvalue weighted by Crippen LogP contribution is 2.48. The maximum atomic E-state index is 13.6. The van der Waals surface area contributed by atoms with Gasteiger partial charge in [-0.3, -0.25) is 14.4 Å². The summed E-state index contributed by atoms with van der Waals surface area (Å²) in [7, 11) is 0. The minimum absolute atomic E-state index is 0.00124. The summed E-state index contributed by atoms with van der Waals surface area (Å²) in [5.74, 6) is -0.556. The van der Waals surface area contributed by atoms with E-state index in [-0.39, 0.29) is 34.6 Å². The first-order chi connectivity index (χ1) is 56.5. The van der Waals surface area contributed by atoms with Gasteiger partial charge in [0.05, 0.1) is 16.7 Å². The second kappa shape index (κ2) is 26.1. The predicted molar refractivity (Wildman–Crippen MR) is 471 cm³/mol. The maximum absolute atomic E-state index is 13.6. The zero-order valence-corrected chi connectivity index (χ0v) is 61.4. The topological polar surface area (TPSA) is 138 Å². The van der Waals surface area contributed by atoms with Crippen molar-refractivity contribution in [1.82, 2.24) is 0 Å². The molecule has 0 fully saturated rings. The van der Waals surface area contributed by atoms with Gasteiger partial charge in [0.1, 0.15) is 39.6 Å². The smallest absolute Gasteiger partial charge is 0.197 e. The first-order valence-electron chi connectivity index (χ1n) is 38.4. The van der Waals surface area contributed by atoms with E-state index in [9.17, 15) is 29.7 Å². The number of benzene rings is 22. The third kappa shape index (κ3) is 10.5. The third-order valence-corrected chi connectivity index (χ3v) is 23.6. The lowest BCUT2D eigenvalue weighted by atomic mass is 9.85. The van der Waals surface area contributed by atoms with Crippen LogP contribution in [-0.2, 0) is 0 Å². The summed E-state index contributed by atoms with van der Waals surface area (Å²) in [6.07, 6.45) is 0. The Kier molecular flexibility index (Phi) is 15.1. The van der Waals surface area contributed by atoms with Crippen LogP contribution in [0.1, 0.15) is 47.8 Å². The molecule has 0 amide bonds. The molecule has 538 valence electrons. The fraction of sp³-hybridized carbons (Fsp3) is 0. The number of phenolic OH excluding ortho intramolecular Hbond substituents is 3. The number of para-hydroxylation sites is 5. The Morgan fingerprint density at radius 3 is 0.974 bits per heavy atom. The quantitative estimate of drug-likeness (QED) is 0.0959. The van der Waals surface area contributed by atoms with Crippen LogP contribution in [0.5, 0.6) is 17.2 Å². The lowest BCUT2D eigenvalue weighted by Crippen LogP contribution is -2.03. The van der Waals surface area contributed by atoms with Crippen LogP contribution >= 0.6 is 0 Å². The zero-order chi connectivity index (χ0) is 76.8. The van der Waals surface area contributed by atoms with Gasteiger partial charge in [-0.2, -0.15) is 0 Å². The summed E-state index contributed by atoms with van der Waals surface area (Å²) in [6, 6.07) is 119. The lowest BCUT2D eigenvalue weighted by Gasteiger charge is -2.17. The van der Waals surface area contributed by atoms with Crippen molar-refractivity contribution in [3.63, 3.8) is 0 Å². The molecule has 0 radical (unpaired) electrons. The minimum Gasteiger partial charge on any atom is -0.507 e. The third-order valence-electron chi connectivity index (χ3n) is 23.6. The number of furan rings is 2. The second-order valence-corrected chi connectivity index (χ2v) is 29.8. The van der Waals surface area contributed by atoms with Gasteiger partial charge in [0.2, 0.25) is 0 Å². The van der Waals surface area contributed by atoms with Crippen LogP contribution < -0.4 is 0 Å². The Balaban J connectivity index is 0.000000105. The maximum Gasteiger partial charge on any atom is 0.197 e. The fourth-order valence-corrected chi connectivity index (χ4v) is 18.2. The van der Waals surface area contributed by atoms with E-state index in [4.69, 9.17) is 8.83 Å². The van der Waals surface area contributed by atoms with Crippen molar-refractivity contribution >= 4 is 180 Å². The van der Waals surface area contributed by atoms with Gasteiger partial charge in [-0.1, -0.05) is 261 Å². The van der Waals surface area contributed by atoms with Crippen LogP contribution in [0.15, 0.2) is 367 Å². The molecule has 24 aromatic rings. The Morgan fingerprint density at radius 2 is 0.496 bits per heavy atom. The van der Waals surface area contributed by atoms with E-state index < -0.39 is 0 Å². The van der Waals surface area contributed by atoms with Crippen molar-refractivity contribution in [3.8, 4) is 50.6 Å². The molecule has 0 bridgehead atoms. The average molecular weight is 1480 g/mol. The molecule has 0 aliphatic rings. The van der Waals surface area contributed by atoms with E-state index >= 15 is 0 Å². The highest BCUT2D eigenvalue weighted by molar-refractivity contribution is 6.34. The number of ketones is 3. The number of aromatic hydroxyl groups is 3. The first kappa shape index (κ1) is 66.5. The largest absolute Gasteiger partial charge is 0.507 e. The molecule has 0 atom stereocenters. The minimum atomic E-state index is -0.184. The Hall–Kier alpha value is -15.5. The number of phenols is 3. The molecule has 8 heteroatoms. The number of carbonyl (C=O) groups is 3. The molecule has 24 rings (SSSR count). The molecule has 115 heavy (non-hydrogen) atoms. The molecule has 2 aromatic heterocycles. The average Bonchev–Trinajstić information content (AvgIpc) is 1.47. The Labute approximate surface area is 656 Å². The van der Waals surface area contributed by atoms with E-state index in [1.165, 1.54) is 32.7 Å². The monoisotopic (exact) mass is 1470 g/mol. The lowest BCUT2D eigenvalue weighted by molar-refractivity contribution is 0.102. The van der Waals surface area contributed by atoms with Crippen LogP contribution in [0.25, 0.3) is 196 Å². The number of hydrogen-bond acceptors (Lipinski definition) is 8. The van der Waals surface area contributed by atoms with Gasteiger partial charge in [0.25, 0.3) is 0 Å². The van der Waals surface area contributed by atoms with Crippen molar-refractivity contribution in [3.05, 3.63) is 391 Å². The number of rotatable bonds is 9. The van der Waals surface area contributed by atoms with Gasteiger partial charge in [-0.15, -0.1) is 0 Å². The van der Waals surface area contributed by atoms with Crippen molar-refractivity contribution in [2.75, 3.05) is 0 Å². The molecule has 22 aromatic carbocycles. The van der Waals surface area contributed by atoms with Crippen LogP contribution in [-0.4, -0.2) is 32.7 Å². The molecule has 3 N–H and O–H groups in total.